The second-order valence-electron chi connectivity index (χ2n) is 2.41. The molecule has 0 unspecified atom stereocenters. The SMILES string of the molecule is Cc1scc(CNC#N)c1C. The summed E-state index contributed by atoms with van der Waals surface area (Å²) in [5.41, 5.74) is 2.53. The van der Waals surface area contributed by atoms with Crippen LogP contribution in [0.15, 0.2) is 5.38 Å². The van der Waals surface area contributed by atoms with Gasteiger partial charge in [-0.05, 0) is 30.4 Å². The van der Waals surface area contributed by atoms with Crippen molar-refractivity contribution < 1.29 is 0 Å². The summed E-state index contributed by atoms with van der Waals surface area (Å²) in [5.74, 6) is 0. The Morgan fingerprint density at radius 1 is 1.64 bits per heavy atom. The lowest BCUT2D eigenvalue weighted by atomic mass is 10.2. The van der Waals surface area contributed by atoms with Crippen LogP contribution in [0.3, 0.4) is 0 Å². The van der Waals surface area contributed by atoms with Crippen molar-refractivity contribution in [2.45, 2.75) is 20.4 Å². The fourth-order valence-electron chi connectivity index (χ4n) is 0.871. The van der Waals surface area contributed by atoms with Crippen LogP contribution >= 0.6 is 11.3 Å². The summed E-state index contributed by atoms with van der Waals surface area (Å²) in [5, 5.41) is 13.0. The number of rotatable bonds is 2. The molecular formula is C8H10N2S. The summed E-state index contributed by atoms with van der Waals surface area (Å²) >= 11 is 1.73. The van der Waals surface area contributed by atoms with Gasteiger partial charge in [-0.25, -0.2) is 0 Å². The summed E-state index contributed by atoms with van der Waals surface area (Å²) in [6.07, 6.45) is 1.91. The van der Waals surface area contributed by atoms with E-state index in [1.54, 1.807) is 11.3 Å². The Morgan fingerprint density at radius 2 is 2.36 bits per heavy atom. The van der Waals surface area contributed by atoms with Crippen molar-refractivity contribution in [2.24, 2.45) is 0 Å². The summed E-state index contributed by atoms with van der Waals surface area (Å²) in [4.78, 5) is 1.33. The van der Waals surface area contributed by atoms with Crippen molar-refractivity contribution in [1.82, 2.24) is 5.32 Å². The average Bonchev–Trinajstić information content (AvgIpc) is 2.31. The number of thiophene rings is 1. The molecule has 0 saturated carbocycles. The highest BCUT2D eigenvalue weighted by Gasteiger charge is 2.01. The molecule has 0 aliphatic carbocycles. The van der Waals surface area contributed by atoms with Gasteiger partial charge < -0.3 is 5.32 Å². The Labute approximate surface area is 70.5 Å². The summed E-state index contributed by atoms with van der Waals surface area (Å²) < 4.78 is 0. The first-order valence-electron chi connectivity index (χ1n) is 3.41. The minimum absolute atomic E-state index is 0.659. The second-order valence-corrected chi connectivity index (χ2v) is 3.49. The third kappa shape index (κ3) is 1.72. The van der Waals surface area contributed by atoms with Crippen LogP contribution in [0.2, 0.25) is 0 Å². The third-order valence-electron chi connectivity index (χ3n) is 1.75. The van der Waals surface area contributed by atoms with E-state index < -0.39 is 0 Å². The van der Waals surface area contributed by atoms with Crippen molar-refractivity contribution in [1.29, 1.82) is 5.26 Å². The van der Waals surface area contributed by atoms with E-state index in [4.69, 9.17) is 5.26 Å². The van der Waals surface area contributed by atoms with Crippen LogP contribution in [0.25, 0.3) is 0 Å². The van der Waals surface area contributed by atoms with Gasteiger partial charge in [-0.2, -0.15) is 5.26 Å². The molecule has 0 fully saturated rings. The largest absolute Gasteiger partial charge is 0.319 e. The highest BCUT2D eigenvalue weighted by molar-refractivity contribution is 7.10. The summed E-state index contributed by atoms with van der Waals surface area (Å²) in [7, 11) is 0. The smallest absolute Gasteiger partial charge is 0.176 e. The van der Waals surface area contributed by atoms with Gasteiger partial charge in [-0.3, -0.25) is 0 Å². The van der Waals surface area contributed by atoms with Gasteiger partial charge in [0.15, 0.2) is 6.19 Å². The molecule has 0 atom stereocenters. The van der Waals surface area contributed by atoms with E-state index in [0.29, 0.717) is 6.54 Å². The van der Waals surface area contributed by atoms with Crippen LogP contribution in [-0.4, -0.2) is 0 Å². The van der Waals surface area contributed by atoms with E-state index in [1.807, 2.05) is 6.19 Å². The van der Waals surface area contributed by atoms with E-state index in [2.05, 4.69) is 24.5 Å². The van der Waals surface area contributed by atoms with Gasteiger partial charge >= 0.3 is 0 Å². The molecule has 1 rings (SSSR count). The minimum atomic E-state index is 0.659. The van der Waals surface area contributed by atoms with Crippen LogP contribution < -0.4 is 5.32 Å². The Bertz CT molecular complexity index is 283. The average molecular weight is 166 g/mol. The molecule has 0 radical (unpaired) electrons. The maximum absolute atomic E-state index is 8.27. The molecule has 0 saturated heterocycles. The Morgan fingerprint density at radius 3 is 2.82 bits per heavy atom. The molecule has 1 N–H and O–H groups in total. The molecule has 0 bridgehead atoms. The lowest BCUT2D eigenvalue weighted by Crippen LogP contribution is -2.04. The molecule has 1 heterocycles. The molecule has 0 amide bonds. The molecule has 11 heavy (non-hydrogen) atoms. The lowest BCUT2D eigenvalue weighted by Gasteiger charge is -1.96. The number of nitrogens with zero attached hydrogens (tertiary/aromatic N) is 1. The maximum Gasteiger partial charge on any atom is 0.176 e. The van der Waals surface area contributed by atoms with Crippen LogP contribution in [-0.2, 0) is 6.54 Å². The lowest BCUT2D eigenvalue weighted by molar-refractivity contribution is 0.880. The molecule has 3 heteroatoms. The molecule has 0 spiro atoms. The van der Waals surface area contributed by atoms with Gasteiger partial charge in [-0.1, -0.05) is 0 Å². The van der Waals surface area contributed by atoms with Gasteiger partial charge in [0.25, 0.3) is 0 Å². The first-order valence-corrected chi connectivity index (χ1v) is 4.29. The number of nitrogens with one attached hydrogen (secondary N) is 1. The monoisotopic (exact) mass is 166 g/mol. The van der Waals surface area contributed by atoms with E-state index in [0.717, 1.165) is 0 Å². The Balaban J connectivity index is 2.72. The highest BCUT2D eigenvalue weighted by Crippen LogP contribution is 2.19. The predicted octanol–water partition coefficient (Wildman–Crippen LogP) is 1.94. The predicted molar refractivity (Wildman–Crippen MR) is 46.2 cm³/mol. The molecule has 1 aromatic heterocycles. The zero-order valence-corrected chi connectivity index (χ0v) is 7.46. The van der Waals surface area contributed by atoms with Crippen molar-refractivity contribution in [3.05, 3.63) is 21.4 Å². The highest BCUT2D eigenvalue weighted by atomic mass is 32.1. The fourth-order valence-corrected chi connectivity index (χ4v) is 1.76. The molecule has 58 valence electrons. The molecule has 0 aliphatic rings. The summed E-state index contributed by atoms with van der Waals surface area (Å²) in [6, 6.07) is 0. The standard InChI is InChI=1S/C8H10N2S/c1-6-7(2)11-4-8(6)3-10-5-9/h4,10H,3H2,1-2H3. The van der Waals surface area contributed by atoms with Gasteiger partial charge in [0.1, 0.15) is 0 Å². The van der Waals surface area contributed by atoms with Crippen molar-refractivity contribution in [2.75, 3.05) is 0 Å². The van der Waals surface area contributed by atoms with Gasteiger partial charge in [0.05, 0.1) is 6.54 Å². The van der Waals surface area contributed by atoms with Crippen molar-refractivity contribution >= 4 is 11.3 Å². The Kier molecular flexibility index (Phi) is 2.50. The van der Waals surface area contributed by atoms with Crippen LogP contribution in [0.1, 0.15) is 16.0 Å². The van der Waals surface area contributed by atoms with Gasteiger partial charge in [-0.15, -0.1) is 11.3 Å². The fraction of sp³-hybridized carbons (Fsp3) is 0.375. The molecule has 0 aromatic carbocycles. The van der Waals surface area contributed by atoms with Crippen LogP contribution in [0.5, 0.6) is 0 Å². The van der Waals surface area contributed by atoms with E-state index >= 15 is 0 Å². The van der Waals surface area contributed by atoms with Crippen LogP contribution in [0, 0.1) is 25.3 Å². The Hall–Kier alpha value is -1.01. The topological polar surface area (TPSA) is 35.8 Å². The van der Waals surface area contributed by atoms with E-state index in [9.17, 15) is 0 Å². The maximum atomic E-state index is 8.27. The molecule has 1 aromatic rings. The van der Waals surface area contributed by atoms with E-state index in [-0.39, 0.29) is 0 Å². The van der Waals surface area contributed by atoms with E-state index in [1.165, 1.54) is 16.0 Å². The third-order valence-corrected chi connectivity index (χ3v) is 2.81. The molecular weight excluding hydrogens is 156 g/mol. The quantitative estimate of drug-likeness (QED) is 0.538. The number of hydrogen-bond donors (Lipinski definition) is 1. The normalized spacial score (nSPS) is 9.18. The molecule has 2 nitrogen and oxygen atoms in total. The number of hydrogen-bond acceptors (Lipinski definition) is 3. The first kappa shape index (κ1) is 8.09. The zero-order valence-electron chi connectivity index (χ0n) is 6.64. The zero-order chi connectivity index (χ0) is 8.27. The van der Waals surface area contributed by atoms with Crippen molar-refractivity contribution in [3.63, 3.8) is 0 Å². The van der Waals surface area contributed by atoms with Gasteiger partial charge in [0.2, 0.25) is 0 Å². The number of aryl methyl sites for hydroxylation is 1. The second kappa shape index (κ2) is 3.40. The summed E-state index contributed by atoms with van der Waals surface area (Å²) in [6.45, 7) is 4.84. The number of nitriles is 1. The molecule has 0 aliphatic heterocycles. The minimum Gasteiger partial charge on any atom is -0.319 e. The first-order chi connectivity index (χ1) is 5.25. The van der Waals surface area contributed by atoms with Gasteiger partial charge in [0, 0.05) is 4.88 Å². The van der Waals surface area contributed by atoms with Crippen molar-refractivity contribution in [3.8, 4) is 6.19 Å². The van der Waals surface area contributed by atoms with Crippen LogP contribution in [0.4, 0.5) is 0 Å².